The Morgan fingerprint density at radius 3 is 2.63 bits per heavy atom. The van der Waals surface area contributed by atoms with Crippen LogP contribution in [0, 0.1) is 0 Å². The van der Waals surface area contributed by atoms with Crippen molar-refractivity contribution in [3.63, 3.8) is 0 Å². The predicted molar refractivity (Wildman–Crippen MR) is 110 cm³/mol. The lowest BCUT2D eigenvalue weighted by Crippen LogP contribution is -2.21. The first-order valence-corrected chi connectivity index (χ1v) is 9.38. The van der Waals surface area contributed by atoms with E-state index in [1.54, 1.807) is 43.7 Å². The van der Waals surface area contributed by atoms with Gasteiger partial charge in [-0.1, -0.05) is 30.3 Å². The highest BCUT2D eigenvalue weighted by Crippen LogP contribution is 2.19. The number of amides is 1. The Bertz CT molecular complexity index is 1230. The van der Waals surface area contributed by atoms with Crippen molar-refractivity contribution in [3.8, 4) is 11.4 Å². The third kappa shape index (κ3) is 3.77. The number of carbonyl (C=O) groups excluding carboxylic acids is 2. The van der Waals surface area contributed by atoms with Gasteiger partial charge in [-0.3, -0.25) is 9.48 Å². The van der Waals surface area contributed by atoms with E-state index in [9.17, 15) is 9.59 Å². The number of benzene rings is 1. The molecule has 30 heavy (non-hydrogen) atoms. The Morgan fingerprint density at radius 1 is 1.13 bits per heavy atom. The molecule has 0 aliphatic rings. The number of aryl methyl sites for hydroxylation is 1. The Morgan fingerprint density at radius 2 is 1.90 bits per heavy atom. The van der Waals surface area contributed by atoms with Gasteiger partial charge in [-0.05, 0) is 19.9 Å². The molecule has 0 aliphatic heterocycles. The molecule has 0 saturated heterocycles. The summed E-state index contributed by atoms with van der Waals surface area (Å²) in [6, 6.07) is 13.0. The van der Waals surface area contributed by atoms with Crippen molar-refractivity contribution in [2.45, 2.75) is 20.0 Å². The van der Waals surface area contributed by atoms with Crippen molar-refractivity contribution in [2.24, 2.45) is 7.05 Å². The van der Waals surface area contributed by atoms with Crippen LogP contribution in [0.5, 0.6) is 0 Å². The molecule has 0 spiro atoms. The molecule has 3 heterocycles. The molecule has 1 aromatic carbocycles. The van der Waals surface area contributed by atoms with E-state index in [-0.39, 0.29) is 17.4 Å². The summed E-state index contributed by atoms with van der Waals surface area (Å²) in [5, 5.41) is 11.3. The number of hydrogen-bond acceptors (Lipinski definition) is 6. The first-order chi connectivity index (χ1) is 14.4. The van der Waals surface area contributed by atoms with Crippen LogP contribution in [0.25, 0.3) is 17.0 Å². The third-order valence-electron chi connectivity index (χ3n) is 4.35. The van der Waals surface area contributed by atoms with Gasteiger partial charge in [-0.25, -0.2) is 14.3 Å². The maximum atomic E-state index is 12.8. The molecule has 9 nitrogen and oxygen atoms in total. The Balaban J connectivity index is 1.59. The molecular weight excluding hydrogens is 384 g/mol. The van der Waals surface area contributed by atoms with E-state index in [4.69, 9.17) is 4.74 Å². The Kier molecular flexibility index (Phi) is 5.01. The second-order valence-electron chi connectivity index (χ2n) is 6.96. The summed E-state index contributed by atoms with van der Waals surface area (Å²) in [4.78, 5) is 29.6. The van der Waals surface area contributed by atoms with Crippen LogP contribution in [0.1, 0.15) is 34.7 Å². The maximum absolute atomic E-state index is 12.8. The van der Waals surface area contributed by atoms with Crippen LogP contribution in [0.3, 0.4) is 0 Å². The van der Waals surface area contributed by atoms with Gasteiger partial charge in [0.2, 0.25) is 0 Å². The largest absolute Gasteiger partial charge is 0.458 e. The van der Waals surface area contributed by atoms with Crippen LogP contribution >= 0.6 is 0 Å². The quantitative estimate of drug-likeness (QED) is 0.513. The zero-order valence-corrected chi connectivity index (χ0v) is 16.7. The Hall–Kier alpha value is -4.01. The van der Waals surface area contributed by atoms with Crippen molar-refractivity contribution >= 4 is 23.2 Å². The third-order valence-corrected chi connectivity index (χ3v) is 4.35. The smallest absolute Gasteiger partial charge is 0.357 e. The summed E-state index contributed by atoms with van der Waals surface area (Å²) in [6.07, 6.45) is 2.74. The van der Waals surface area contributed by atoms with Crippen molar-refractivity contribution in [2.75, 3.05) is 5.32 Å². The number of nitrogens with one attached hydrogen (secondary N) is 1. The number of ether oxygens (including phenoxy) is 1. The summed E-state index contributed by atoms with van der Waals surface area (Å²) in [5.74, 6) is -0.480. The van der Waals surface area contributed by atoms with Gasteiger partial charge < -0.3 is 10.1 Å². The summed E-state index contributed by atoms with van der Waals surface area (Å²) in [6.45, 7) is 3.48. The van der Waals surface area contributed by atoms with Crippen molar-refractivity contribution < 1.29 is 14.3 Å². The molecule has 4 aromatic rings. The van der Waals surface area contributed by atoms with E-state index in [2.05, 4.69) is 20.5 Å². The number of rotatable bonds is 5. The number of carbonyl (C=O) groups is 2. The predicted octanol–water partition coefficient (Wildman–Crippen LogP) is 2.95. The first-order valence-electron chi connectivity index (χ1n) is 9.38. The van der Waals surface area contributed by atoms with Crippen molar-refractivity contribution in [3.05, 3.63) is 66.1 Å². The van der Waals surface area contributed by atoms with Gasteiger partial charge in [-0.15, -0.1) is 5.10 Å². The van der Waals surface area contributed by atoms with Gasteiger partial charge in [0.15, 0.2) is 17.2 Å². The zero-order valence-electron chi connectivity index (χ0n) is 16.7. The minimum Gasteiger partial charge on any atom is -0.458 e. The van der Waals surface area contributed by atoms with Crippen LogP contribution in [-0.2, 0) is 11.8 Å². The fourth-order valence-corrected chi connectivity index (χ4v) is 2.98. The molecule has 1 N–H and O–H groups in total. The standard InChI is InChI=1S/C21H20N6O3/c1-13(2)30-21(29)18-16(12-22-26(18)3)20(28)23-15-9-10-27-17(11-15)24-19(25-27)14-7-5-4-6-8-14/h4-13H,1-3H3,(H,23,28). The highest BCUT2D eigenvalue weighted by molar-refractivity contribution is 6.10. The van der Waals surface area contributed by atoms with Crippen LogP contribution in [-0.4, -0.2) is 42.4 Å². The zero-order chi connectivity index (χ0) is 21.3. The molecular formula is C21H20N6O3. The van der Waals surface area contributed by atoms with E-state index in [0.717, 1.165) is 5.56 Å². The molecule has 3 aromatic heterocycles. The summed E-state index contributed by atoms with van der Waals surface area (Å²) >= 11 is 0. The summed E-state index contributed by atoms with van der Waals surface area (Å²) in [5.41, 5.74) is 2.23. The monoisotopic (exact) mass is 404 g/mol. The van der Waals surface area contributed by atoms with Crippen LogP contribution in [0.4, 0.5) is 5.69 Å². The van der Waals surface area contributed by atoms with Crippen LogP contribution < -0.4 is 5.32 Å². The molecule has 0 unspecified atom stereocenters. The average Bonchev–Trinajstić information content (AvgIpc) is 3.31. The average molecular weight is 404 g/mol. The van der Waals surface area contributed by atoms with Crippen molar-refractivity contribution in [1.82, 2.24) is 24.4 Å². The van der Waals surface area contributed by atoms with E-state index in [0.29, 0.717) is 17.2 Å². The van der Waals surface area contributed by atoms with Gasteiger partial charge >= 0.3 is 5.97 Å². The molecule has 0 atom stereocenters. The van der Waals surface area contributed by atoms with Gasteiger partial charge in [-0.2, -0.15) is 5.10 Å². The highest BCUT2D eigenvalue weighted by atomic mass is 16.5. The van der Waals surface area contributed by atoms with E-state index < -0.39 is 11.9 Å². The second kappa shape index (κ2) is 7.78. The normalized spacial score (nSPS) is 11.1. The number of fused-ring (bicyclic) bond motifs is 1. The van der Waals surface area contributed by atoms with E-state index >= 15 is 0 Å². The molecule has 9 heteroatoms. The number of anilines is 1. The van der Waals surface area contributed by atoms with Gasteiger partial charge in [0.1, 0.15) is 0 Å². The summed E-state index contributed by atoms with van der Waals surface area (Å²) in [7, 11) is 1.58. The molecule has 0 bridgehead atoms. The Labute approximate surface area is 172 Å². The molecule has 0 fully saturated rings. The lowest BCUT2D eigenvalue weighted by Gasteiger charge is -2.10. The summed E-state index contributed by atoms with van der Waals surface area (Å²) < 4.78 is 8.18. The van der Waals surface area contributed by atoms with E-state index in [1.165, 1.54) is 10.9 Å². The fourth-order valence-electron chi connectivity index (χ4n) is 2.98. The minimum atomic E-state index is -0.601. The highest BCUT2D eigenvalue weighted by Gasteiger charge is 2.24. The molecule has 4 rings (SSSR count). The molecule has 1 amide bonds. The molecule has 0 radical (unpaired) electrons. The second-order valence-corrected chi connectivity index (χ2v) is 6.96. The molecule has 0 saturated carbocycles. The molecule has 152 valence electrons. The number of nitrogens with zero attached hydrogens (tertiary/aromatic N) is 5. The van der Waals surface area contributed by atoms with Gasteiger partial charge in [0, 0.05) is 30.6 Å². The fraction of sp³-hybridized carbons (Fsp3) is 0.190. The number of pyridine rings is 1. The van der Waals surface area contributed by atoms with Crippen LogP contribution in [0.15, 0.2) is 54.9 Å². The first kappa shape index (κ1) is 19.3. The number of hydrogen-bond donors (Lipinski definition) is 1. The van der Waals surface area contributed by atoms with Crippen LogP contribution in [0.2, 0.25) is 0 Å². The number of esters is 1. The van der Waals surface area contributed by atoms with Gasteiger partial charge in [0.25, 0.3) is 5.91 Å². The van der Waals surface area contributed by atoms with E-state index in [1.807, 2.05) is 30.3 Å². The van der Waals surface area contributed by atoms with Gasteiger partial charge in [0.05, 0.1) is 17.9 Å². The maximum Gasteiger partial charge on any atom is 0.357 e. The lowest BCUT2D eigenvalue weighted by atomic mass is 10.2. The minimum absolute atomic E-state index is 0.0936. The van der Waals surface area contributed by atoms with Crippen molar-refractivity contribution in [1.29, 1.82) is 0 Å². The SMILES string of the molecule is CC(C)OC(=O)c1c(C(=O)Nc2ccn3nc(-c4ccccc4)nc3c2)cnn1C. The number of aromatic nitrogens is 5. The lowest BCUT2D eigenvalue weighted by molar-refractivity contribution is 0.0362. The topological polar surface area (TPSA) is 103 Å². The molecule has 0 aliphatic carbocycles.